The topological polar surface area (TPSA) is 27.3 Å². The second kappa shape index (κ2) is 2.53. The minimum Gasteiger partial charge on any atom is -0.306 e. The highest BCUT2D eigenvalue weighted by molar-refractivity contribution is 14.1. The number of halogens is 1. The van der Waals surface area contributed by atoms with Gasteiger partial charge in [-0.1, -0.05) is 0 Å². The Morgan fingerprint density at radius 3 is 3.18 bits per heavy atom. The van der Waals surface area contributed by atoms with Crippen molar-refractivity contribution in [2.24, 2.45) is 0 Å². The van der Waals surface area contributed by atoms with E-state index in [-0.39, 0.29) is 0 Å². The lowest BCUT2D eigenvalue weighted by molar-refractivity contribution is 0.348. The molecule has 0 saturated carbocycles. The summed E-state index contributed by atoms with van der Waals surface area (Å²) in [6, 6.07) is 0. The zero-order valence-corrected chi connectivity index (χ0v) is 8.21. The summed E-state index contributed by atoms with van der Waals surface area (Å²) in [6.07, 6.45) is 6.18. The van der Waals surface area contributed by atoms with Gasteiger partial charge in [-0.3, -0.25) is 5.01 Å². The molecule has 0 radical (unpaired) electrons. The Bertz CT molecular complexity index is 277. The molecule has 2 aliphatic rings. The number of nitrogens with one attached hydrogen (secondary N) is 2. The number of hydrogen-bond donors (Lipinski definition) is 2. The third-order valence-corrected chi connectivity index (χ3v) is 2.34. The normalized spacial score (nSPS) is 21.6. The Morgan fingerprint density at radius 1 is 1.55 bits per heavy atom. The van der Waals surface area contributed by atoms with Crippen molar-refractivity contribution >= 4 is 22.6 Å². The number of hydrogen-bond acceptors (Lipinski definition) is 3. The molecular formula is C7H8IN3. The zero-order valence-electron chi connectivity index (χ0n) is 6.06. The van der Waals surface area contributed by atoms with Gasteiger partial charge >= 0.3 is 0 Å². The summed E-state index contributed by atoms with van der Waals surface area (Å²) in [5, 5.41) is 1.96. The molecular weight excluding hydrogens is 253 g/mol. The quantitative estimate of drug-likeness (QED) is 0.645. The molecule has 0 saturated heterocycles. The van der Waals surface area contributed by atoms with Crippen LogP contribution in [0.5, 0.6) is 0 Å². The third kappa shape index (κ3) is 1.16. The molecule has 0 bridgehead atoms. The maximum Gasteiger partial charge on any atom is 0.0800 e. The van der Waals surface area contributed by atoms with Crippen molar-refractivity contribution < 1.29 is 0 Å². The molecule has 4 heteroatoms. The molecule has 0 fully saturated rings. The number of rotatable bonds is 0. The van der Waals surface area contributed by atoms with Crippen molar-refractivity contribution in [1.29, 1.82) is 0 Å². The van der Waals surface area contributed by atoms with Crippen molar-refractivity contribution in [2.45, 2.75) is 6.92 Å². The summed E-state index contributed by atoms with van der Waals surface area (Å²) in [7, 11) is 0. The van der Waals surface area contributed by atoms with Crippen LogP contribution in [0.3, 0.4) is 0 Å². The first-order valence-electron chi connectivity index (χ1n) is 3.34. The Kier molecular flexibility index (Phi) is 1.65. The molecule has 0 aromatic carbocycles. The molecule has 0 unspecified atom stereocenters. The Hall–Kier alpha value is -0.490. The summed E-state index contributed by atoms with van der Waals surface area (Å²) >= 11 is 2.30. The molecule has 58 valence electrons. The Morgan fingerprint density at radius 2 is 2.36 bits per heavy atom. The van der Waals surface area contributed by atoms with E-state index in [4.69, 9.17) is 0 Å². The second-order valence-corrected chi connectivity index (χ2v) is 3.71. The molecule has 0 aliphatic carbocycles. The van der Waals surface area contributed by atoms with Crippen LogP contribution in [0.15, 0.2) is 33.3 Å². The summed E-state index contributed by atoms with van der Waals surface area (Å²) in [5.41, 5.74) is 8.39. The van der Waals surface area contributed by atoms with Crippen LogP contribution in [-0.2, 0) is 0 Å². The van der Waals surface area contributed by atoms with Gasteiger partial charge in [-0.2, -0.15) is 0 Å². The fourth-order valence-electron chi connectivity index (χ4n) is 1.07. The van der Waals surface area contributed by atoms with Crippen molar-refractivity contribution in [1.82, 2.24) is 16.0 Å². The molecule has 2 N–H and O–H groups in total. The highest BCUT2D eigenvalue weighted by atomic mass is 127. The fraction of sp³-hybridized carbons (Fsp3) is 0.143. The monoisotopic (exact) mass is 261 g/mol. The van der Waals surface area contributed by atoms with E-state index in [0.717, 1.165) is 5.70 Å². The van der Waals surface area contributed by atoms with Gasteiger partial charge in [0, 0.05) is 9.78 Å². The van der Waals surface area contributed by atoms with Crippen LogP contribution in [-0.4, -0.2) is 5.01 Å². The summed E-state index contributed by atoms with van der Waals surface area (Å²) < 4.78 is 1.25. The molecule has 0 amide bonds. The first kappa shape index (κ1) is 7.17. The number of allylic oxidation sites excluding steroid dienone is 4. The molecule has 3 nitrogen and oxygen atoms in total. The van der Waals surface area contributed by atoms with E-state index in [1.807, 2.05) is 18.1 Å². The standard InChI is InChI=1S/C7H8IN3/c1-5-7-4-6(8)2-3-11(7)10-9-5/h2-4,9-10H,1H3. The van der Waals surface area contributed by atoms with E-state index in [1.54, 1.807) is 0 Å². The summed E-state index contributed by atoms with van der Waals surface area (Å²) in [6.45, 7) is 2.04. The molecule has 11 heavy (non-hydrogen) atoms. The number of nitrogens with zero attached hydrogens (tertiary/aromatic N) is 1. The van der Waals surface area contributed by atoms with Gasteiger partial charge in [0.2, 0.25) is 0 Å². The van der Waals surface area contributed by atoms with Crippen LogP contribution in [0.2, 0.25) is 0 Å². The maximum absolute atomic E-state index is 3.04. The van der Waals surface area contributed by atoms with Gasteiger partial charge in [0.1, 0.15) is 0 Å². The van der Waals surface area contributed by atoms with Gasteiger partial charge < -0.3 is 5.43 Å². The lowest BCUT2D eigenvalue weighted by Gasteiger charge is -2.16. The van der Waals surface area contributed by atoms with Crippen LogP contribution in [0, 0.1) is 0 Å². The van der Waals surface area contributed by atoms with E-state index in [0.29, 0.717) is 0 Å². The highest BCUT2D eigenvalue weighted by Gasteiger charge is 2.17. The van der Waals surface area contributed by atoms with Crippen LogP contribution in [0.4, 0.5) is 0 Å². The fourth-order valence-corrected chi connectivity index (χ4v) is 1.52. The van der Waals surface area contributed by atoms with Crippen LogP contribution < -0.4 is 11.0 Å². The number of fused-ring (bicyclic) bond motifs is 1. The average molecular weight is 261 g/mol. The van der Waals surface area contributed by atoms with Gasteiger partial charge in [-0.25, -0.2) is 0 Å². The van der Waals surface area contributed by atoms with E-state index < -0.39 is 0 Å². The smallest absolute Gasteiger partial charge is 0.0800 e. The highest BCUT2D eigenvalue weighted by Crippen LogP contribution is 2.23. The molecule has 2 aliphatic heterocycles. The van der Waals surface area contributed by atoms with Gasteiger partial charge in [0.15, 0.2) is 0 Å². The van der Waals surface area contributed by atoms with Crippen molar-refractivity contribution in [3.8, 4) is 0 Å². The summed E-state index contributed by atoms with van der Waals surface area (Å²) in [5.74, 6) is 0. The minimum atomic E-state index is 1.16. The SMILES string of the molecule is CC1=C2C=C(I)C=CN2NN1. The predicted octanol–water partition coefficient (Wildman–Crippen LogP) is 1.39. The molecule has 0 aromatic heterocycles. The van der Waals surface area contributed by atoms with Crippen LogP contribution in [0.1, 0.15) is 6.92 Å². The van der Waals surface area contributed by atoms with Crippen molar-refractivity contribution in [3.05, 3.63) is 33.3 Å². The second-order valence-electron chi connectivity index (χ2n) is 2.46. The molecule has 0 spiro atoms. The molecule has 0 atom stereocenters. The Balaban J connectivity index is 2.40. The van der Waals surface area contributed by atoms with Gasteiger partial charge in [0.25, 0.3) is 0 Å². The first-order chi connectivity index (χ1) is 5.27. The Labute approximate surface area is 78.9 Å². The first-order valence-corrected chi connectivity index (χ1v) is 4.42. The third-order valence-electron chi connectivity index (χ3n) is 1.67. The molecule has 2 rings (SSSR count). The molecule has 2 heterocycles. The van der Waals surface area contributed by atoms with Gasteiger partial charge in [-0.15, -0.1) is 5.53 Å². The van der Waals surface area contributed by atoms with E-state index >= 15 is 0 Å². The van der Waals surface area contributed by atoms with Crippen LogP contribution in [0.25, 0.3) is 0 Å². The average Bonchev–Trinajstić information content (AvgIpc) is 2.33. The molecule has 0 aromatic rings. The van der Waals surface area contributed by atoms with E-state index in [9.17, 15) is 0 Å². The van der Waals surface area contributed by atoms with E-state index in [2.05, 4.69) is 45.7 Å². The van der Waals surface area contributed by atoms with Gasteiger partial charge in [-0.05, 0) is 41.7 Å². The maximum atomic E-state index is 3.04. The number of hydrazine groups is 2. The van der Waals surface area contributed by atoms with E-state index in [1.165, 1.54) is 9.28 Å². The van der Waals surface area contributed by atoms with Crippen molar-refractivity contribution in [3.63, 3.8) is 0 Å². The largest absolute Gasteiger partial charge is 0.306 e. The van der Waals surface area contributed by atoms with Crippen LogP contribution >= 0.6 is 22.6 Å². The minimum absolute atomic E-state index is 1.16. The zero-order chi connectivity index (χ0) is 7.84. The lowest BCUT2D eigenvalue weighted by atomic mass is 10.3. The van der Waals surface area contributed by atoms with Crippen molar-refractivity contribution in [2.75, 3.05) is 0 Å². The summed E-state index contributed by atoms with van der Waals surface area (Å²) in [4.78, 5) is 0. The van der Waals surface area contributed by atoms with Gasteiger partial charge in [0.05, 0.1) is 11.4 Å². The lowest BCUT2D eigenvalue weighted by Crippen LogP contribution is -2.34. The predicted molar refractivity (Wildman–Crippen MR) is 52.1 cm³/mol.